The molecule has 38 heavy (non-hydrogen) atoms. The first-order valence-corrected chi connectivity index (χ1v) is 12.3. The topological polar surface area (TPSA) is 84.9 Å². The number of anilines is 1. The van der Waals surface area contributed by atoms with Crippen molar-refractivity contribution in [2.45, 2.75) is 12.8 Å². The van der Waals surface area contributed by atoms with Crippen LogP contribution in [0.2, 0.25) is 5.02 Å². The molecule has 196 valence electrons. The van der Waals surface area contributed by atoms with Gasteiger partial charge in [0.1, 0.15) is 12.2 Å². The predicted octanol–water partition coefficient (Wildman–Crippen LogP) is 6.22. The molecule has 0 radical (unpaired) electrons. The highest BCUT2D eigenvalue weighted by Gasteiger charge is 2.39. The Balaban J connectivity index is 1.69. The van der Waals surface area contributed by atoms with Gasteiger partial charge in [-0.05, 0) is 70.1 Å². The van der Waals surface area contributed by atoms with Gasteiger partial charge in [0, 0.05) is 0 Å². The minimum atomic E-state index is -4.75. The zero-order chi connectivity index (χ0) is 27.6. The van der Waals surface area contributed by atoms with Crippen molar-refractivity contribution < 1.29 is 37.0 Å². The first-order chi connectivity index (χ1) is 18.0. The highest BCUT2D eigenvalue weighted by molar-refractivity contribution is 14.1. The van der Waals surface area contributed by atoms with Crippen molar-refractivity contribution in [3.05, 3.63) is 91.5 Å². The SMILES string of the molecule is COc1cc(/C=C2\C(=O)NC(=O)N(c3cc(C(F)(F)F)ccc3Cl)C2=O)cc(I)c1OCc1ccccc1. The number of hydrogen-bond donors (Lipinski definition) is 1. The Morgan fingerprint density at radius 2 is 1.76 bits per heavy atom. The number of urea groups is 1. The minimum absolute atomic E-state index is 0.267. The number of nitrogens with zero attached hydrogens (tertiary/aromatic N) is 1. The molecule has 0 bridgehead atoms. The number of hydrogen-bond acceptors (Lipinski definition) is 5. The van der Waals surface area contributed by atoms with Gasteiger partial charge in [0.05, 0.1) is 27.0 Å². The third-order valence-corrected chi connectivity index (χ3v) is 6.53. The molecule has 0 spiro atoms. The zero-order valence-electron chi connectivity index (χ0n) is 19.4. The lowest BCUT2D eigenvalue weighted by Gasteiger charge is -2.27. The molecule has 0 aromatic heterocycles. The van der Waals surface area contributed by atoms with Crippen LogP contribution < -0.4 is 19.7 Å². The third kappa shape index (κ3) is 5.78. The average Bonchev–Trinajstić information content (AvgIpc) is 2.86. The van der Waals surface area contributed by atoms with Crippen LogP contribution in [0.1, 0.15) is 16.7 Å². The van der Waals surface area contributed by atoms with Gasteiger partial charge in [0.25, 0.3) is 11.8 Å². The van der Waals surface area contributed by atoms with E-state index >= 15 is 0 Å². The number of carbonyl (C=O) groups excluding carboxylic acids is 3. The Morgan fingerprint density at radius 3 is 2.42 bits per heavy atom. The first kappa shape index (κ1) is 27.5. The molecule has 1 N–H and O–H groups in total. The molecule has 4 rings (SSSR count). The fourth-order valence-corrected chi connectivity index (χ4v) is 4.58. The van der Waals surface area contributed by atoms with E-state index in [9.17, 15) is 27.6 Å². The van der Waals surface area contributed by atoms with Crippen molar-refractivity contribution in [1.29, 1.82) is 0 Å². The van der Waals surface area contributed by atoms with Gasteiger partial charge in [-0.2, -0.15) is 13.2 Å². The van der Waals surface area contributed by atoms with Crippen molar-refractivity contribution in [3.63, 3.8) is 0 Å². The normalized spacial score (nSPS) is 15.1. The molecule has 7 nitrogen and oxygen atoms in total. The van der Waals surface area contributed by atoms with E-state index in [1.165, 1.54) is 19.3 Å². The number of halogens is 5. The number of carbonyl (C=O) groups is 3. The van der Waals surface area contributed by atoms with Crippen molar-refractivity contribution in [2.75, 3.05) is 12.0 Å². The summed E-state index contributed by atoms with van der Waals surface area (Å²) in [5, 5.41) is 1.68. The maximum atomic E-state index is 13.2. The second-order valence-electron chi connectivity index (χ2n) is 7.93. The minimum Gasteiger partial charge on any atom is -0.493 e. The van der Waals surface area contributed by atoms with Gasteiger partial charge >= 0.3 is 12.2 Å². The summed E-state index contributed by atoms with van der Waals surface area (Å²) in [5.41, 5.74) is -0.848. The predicted molar refractivity (Wildman–Crippen MR) is 142 cm³/mol. The Morgan fingerprint density at radius 1 is 1.05 bits per heavy atom. The maximum Gasteiger partial charge on any atom is 0.416 e. The molecule has 4 amide bonds. The molecule has 0 aliphatic carbocycles. The van der Waals surface area contributed by atoms with Gasteiger partial charge in [-0.25, -0.2) is 9.69 Å². The lowest BCUT2D eigenvalue weighted by atomic mass is 10.1. The van der Waals surface area contributed by atoms with Crippen LogP contribution in [0, 0.1) is 3.57 Å². The fourth-order valence-electron chi connectivity index (χ4n) is 3.60. The molecule has 3 aromatic rings. The maximum absolute atomic E-state index is 13.2. The van der Waals surface area contributed by atoms with E-state index in [1.54, 1.807) is 6.07 Å². The van der Waals surface area contributed by atoms with E-state index in [4.69, 9.17) is 21.1 Å². The van der Waals surface area contributed by atoms with E-state index < -0.39 is 40.8 Å². The number of nitrogens with one attached hydrogen (secondary N) is 1. The summed E-state index contributed by atoms with van der Waals surface area (Å²) in [6, 6.07) is 13.6. The van der Waals surface area contributed by atoms with Crippen molar-refractivity contribution >= 4 is 63.8 Å². The van der Waals surface area contributed by atoms with Crippen molar-refractivity contribution in [1.82, 2.24) is 5.32 Å². The number of barbiturate groups is 1. The average molecular weight is 657 g/mol. The second kappa shape index (κ2) is 11.0. The lowest BCUT2D eigenvalue weighted by Crippen LogP contribution is -2.54. The van der Waals surface area contributed by atoms with E-state index in [0.29, 0.717) is 31.6 Å². The second-order valence-corrected chi connectivity index (χ2v) is 9.50. The smallest absolute Gasteiger partial charge is 0.416 e. The number of methoxy groups -OCH3 is 1. The van der Waals surface area contributed by atoms with Gasteiger partial charge in [0.15, 0.2) is 11.5 Å². The Kier molecular flexibility index (Phi) is 7.97. The summed E-state index contributed by atoms with van der Waals surface area (Å²) in [6.07, 6.45) is -3.55. The molecular formula is C26H17ClF3IN2O5. The van der Waals surface area contributed by atoms with Crippen LogP contribution in [0.25, 0.3) is 6.08 Å². The molecule has 1 heterocycles. The van der Waals surface area contributed by atoms with Gasteiger partial charge < -0.3 is 9.47 Å². The van der Waals surface area contributed by atoms with Crippen LogP contribution in [-0.2, 0) is 22.4 Å². The molecule has 1 fully saturated rings. The van der Waals surface area contributed by atoms with E-state index in [-0.39, 0.29) is 11.6 Å². The Hall–Kier alpha value is -3.58. The number of rotatable bonds is 6. The van der Waals surface area contributed by atoms with E-state index in [2.05, 4.69) is 0 Å². The van der Waals surface area contributed by atoms with Crippen LogP contribution in [0.3, 0.4) is 0 Å². The van der Waals surface area contributed by atoms with E-state index in [0.717, 1.165) is 17.7 Å². The molecule has 3 aromatic carbocycles. The molecular weight excluding hydrogens is 640 g/mol. The number of alkyl halides is 3. The molecule has 1 aliphatic heterocycles. The molecule has 0 saturated carbocycles. The summed E-state index contributed by atoms with van der Waals surface area (Å²) >= 11 is 8.04. The molecule has 0 unspecified atom stereocenters. The summed E-state index contributed by atoms with van der Waals surface area (Å²) < 4.78 is 51.7. The Labute approximate surface area is 233 Å². The summed E-state index contributed by atoms with van der Waals surface area (Å²) in [6.45, 7) is 0.267. The number of amides is 4. The fraction of sp³-hybridized carbons (Fsp3) is 0.115. The van der Waals surface area contributed by atoms with Crippen molar-refractivity contribution in [2.24, 2.45) is 0 Å². The summed E-state index contributed by atoms with van der Waals surface area (Å²) in [7, 11) is 1.42. The quantitative estimate of drug-likeness (QED) is 0.194. The van der Waals surface area contributed by atoms with Crippen LogP contribution in [-0.4, -0.2) is 25.0 Å². The lowest BCUT2D eigenvalue weighted by molar-refractivity contribution is -0.137. The number of imide groups is 2. The summed E-state index contributed by atoms with van der Waals surface area (Å²) in [4.78, 5) is 38.6. The van der Waals surface area contributed by atoms with Gasteiger partial charge in [-0.15, -0.1) is 0 Å². The molecule has 0 atom stereocenters. The van der Waals surface area contributed by atoms with Crippen molar-refractivity contribution in [3.8, 4) is 11.5 Å². The van der Waals surface area contributed by atoms with Crippen LogP contribution in [0.4, 0.5) is 23.7 Å². The van der Waals surface area contributed by atoms with E-state index in [1.807, 2.05) is 58.2 Å². The van der Waals surface area contributed by atoms with Gasteiger partial charge in [-0.3, -0.25) is 14.9 Å². The number of ether oxygens (including phenoxy) is 2. The van der Waals surface area contributed by atoms with Gasteiger partial charge in [-0.1, -0.05) is 41.9 Å². The number of benzene rings is 3. The molecule has 1 aliphatic rings. The largest absolute Gasteiger partial charge is 0.493 e. The Bertz CT molecular complexity index is 1460. The monoisotopic (exact) mass is 656 g/mol. The highest BCUT2D eigenvalue weighted by atomic mass is 127. The first-order valence-electron chi connectivity index (χ1n) is 10.8. The standard InChI is InChI=1S/C26H17ClF3IN2O5/c1-37-21-11-15(10-19(31)22(21)38-13-14-5-3-2-4-6-14)9-17-23(34)32-25(36)33(24(17)35)20-12-16(26(28,29)30)7-8-18(20)27/h2-12H,13H2,1H3,(H,32,34,36)/b17-9+. The third-order valence-electron chi connectivity index (χ3n) is 5.40. The van der Waals surface area contributed by atoms with Crippen LogP contribution in [0.15, 0.2) is 66.2 Å². The zero-order valence-corrected chi connectivity index (χ0v) is 22.3. The van der Waals surface area contributed by atoms with Gasteiger partial charge in [0.2, 0.25) is 0 Å². The van der Waals surface area contributed by atoms with Crippen LogP contribution in [0.5, 0.6) is 11.5 Å². The molecule has 1 saturated heterocycles. The summed E-state index contributed by atoms with van der Waals surface area (Å²) in [5.74, 6) is -1.40. The van der Waals surface area contributed by atoms with Crippen LogP contribution >= 0.6 is 34.2 Å². The highest BCUT2D eigenvalue weighted by Crippen LogP contribution is 2.38. The molecule has 12 heteroatoms.